The van der Waals surface area contributed by atoms with Gasteiger partial charge in [0.15, 0.2) is 14.6 Å². The van der Waals surface area contributed by atoms with Crippen molar-refractivity contribution in [1.82, 2.24) is 19.8 Å². The van der Waals surface area contributed by atoms with Crippen molar-refractivity contribution in [1.29, 1.82) is 0 Å². The monoisotopic (exact) mass is 616 g/mol. The lowest BCUT2D eigenvalue weighted by atomic mass is 10.1. The van der Waals surface area contributed by atoms with Crippen LogP contribution in [0.1, 0.15) is 37.4 Å². The highest BCUT2D eigenvalue weighted by Gasteiger charge is 2.45. The first-order valence-corrected chi connectivity index (χ1v) is 15.5. The Morgan fingerprint density at radius 2 is 1.90 bits per heavy atom. The second-order valence-corrected chi connectivity index (χ2v) is 13.8. The number of carbonyl (C=O) groups excluding carboxylic acids is 2. The normalized spacial score (nSPS) is 16.7. The van der Waals surface area contributed by atoms with Crippen LogP contribution in [0.3, 0.4) is 0 Å². The lowest BCUT2D eigenvalue weighted by molar-refractivity contribution is -0.137. The number of carboxylic acids is 1. The van der Waals surface area contributed by atoms with Gasteiger partial charge < -0.3 is 19.8 Å². The third kappa shape index (κ3) is 9.69. The van der Waals surface area contributed by atoms with E-state index in [4.69, 9.17) is 20.1 Å². The maximum absolute atomic E-state index is 12.7. The Morgan fingerprint density at radius 3 is 2.34 bits per heavy atom. The van der Waals surface area contributed by atoms with Crippen LogP contribution in [0.4, 0.5) is 4.79 Å². The number of amides is 2. The maximum atomic E-state index is 12.7. The number of hydrogen-bond donors (Lipinski definition) is 5. The first-order valence-electron chi connectivity index (χ1n) is 12.1. The Balaban J connectivity index is 0.000000745. The summed E-state index contributed by atoms with van der Waals surface area (Å²) >= 11 is 0. The molecular formula is C24H33N4O11PS. The van der Waals surface area contributed by atoms with Gasteiger partial charge in [-0.2, -0.15) is 0 Å². The average molecular weight is 617 g/mol. The van der Waals surface area contributed by atoms with Crippen molar-refractivity contribution in [2.75, 3.05) is 40.0 Å². The largest absolute Gasteiger partial charge is 0.480 e. The summed E-state index contributed by atoms with van der Waals surface area (Å²) in [6.07, 6.45) is 3.52. The minimum atomic E-state index is -4.55. The SMILES string of the molecule is CN(C)CC(=O)O.C[C@@](CCN1Cc2cc(C#CC#CC3(COP(=O)(O)O)CC3)cn2C1=O)(C(=O)NO)S(C)(=O)=O. The molecule has 1 aromatic rings. The van der Waals surface area contributed by atoms with Gasteiger partial charge in [0.2, 0.25) is 0 Å². The minimum Gasteiger partial charge on any atom is -0.480 e. The van der Waals surface area contributed by atoms with E-state index in [0.717, 1.165) is 6.26 Å². The summed E-state index contributed by atoms with van der Waals surface area (Å²) in [4.78, 5) is 55.0. The Hall–Kier alpha value is -3.21. The number of carboxylic acid groups (broad SMARTS) is 1. The van der Waals surface area contributed by atoms with Crippen LogP contribution < -0.4 is 5.48 Å². The van der Waals surface area contributed by atoms with E-state index >= 15 is 0 Å². The fourth-order valence-electron chi connectivity index (χ4n) is 3.60. The molecule has 0 bridgehead atoms. The topological polar surface area (TPSA) is 216 Å². The van der Waals surface area contributed by atoms with E-state index in [1.54, 1.807) is 25.1 Å². The van der Waals surface area contributed by atoms with E-state index in [0.29, 0.717) is 24.1 Å². The van der Waals surface area contributed by atoms with E-state index in [2.05, 4.69) is 28.2 Å². The molecule has 226 valence electrons. The molecule has 17 heteroatoms. The molecule has 0 saturated heterocycles. The van der Waals surface area contributed by atoms with Gasteiger partial charge in [-0.25, -0.2) is 23.3 Å². The fraction of sp³-hybridized carbons (Fsp3) is 0.542. The number of aromatic nitrogens is 1. The molecule has 3 rings (SSSR count). The molecule has 1 saturated carbocycles. The smallest absolute Gasteiger partial charge is 0.469 e. The van der Waals surface area contributed by atoms with E-state index in [1.165, 1.54) is 28.1 Å². The number of nitrogens with zero attached hydrogens (tertiary/aromatic N) is 3. The number of nitrogens with one attached hydrogen (secondary N) is 1. The van der Waals surface area contributed by atoms with Crippen molar-refractivity contribution in [2.45, 2.75) is 37.5 Å². The van der Waals surface area contributed by atoms with E-state index in [1.807, 2.05) is 0 Å². The molecule has 1 aliphatic heterocycles. The lowest BCUT2D eigenvalue weighted by Gasteiger charge is -2.27. The summed E-state index contributed by atoms with van der Waals surface area (Å²) in [5.41, 5.74) is 1.94. The quantitative estimate of drug-likeness (QED) is 0.100. The molecule has 1 aromatic heterocycles. The maximum Gasteiger partial charge on any atom is 0.469 e. The summed E-state index contributed by atoms with van der Waals surface area (Å²) in [5.74, 6) is 9.14. The van der Waals surface area contributed by atoms with E-state index in [-0.39, 0.29) is 32.7 Å². The standard InChI is InChI=1S/C20H24N3O9PS.C4H9NO2/c1-19(17(24)21-26,34(2,30)31)9-10-22-13-16-11-15(12-23(16)18(22)25)5-3-4-6-20(7-8-20)14-32-33(27,28)29;1-5(2)3-4(6)7/h11-12,26H,7-10,13-14H2,1-2H3,(H,21,24)(H2,27,28,29);3H2,1-2H3,(H,6,7)/t19-;/m1./s1. The van der Waals surface area contributed by atoms with Crippen molar-refractivity contribution in [3.05, 3.63) is 23.5 Å². The number of hydroxylamine groups is 1. The van der Waals surface area contributed by atoms with Crippen molar-refractivity contribution in [2.24, 2.45) is 5.41 Å². The molecule has 1 fully saturated rings. The van der Waals surface area contributed by atoms with Gasteiger partial charge in [-0.05, 0) is 58.2 Å². The lowest BCUT2D eigenvalue weighted by Crippen LogP contribution is -2.50. The Kier molecular flexibility index (Phi) is 10.9. The molecule has 0 unspecified atom stereocenters. The van der Waals surface area contributed by atoms with Crippen molar-refractivity contribution in [3.63, 3.8) is 0 Å². The molecule has 41 heavy (non-hydrogen) atoms. The Labute approximate surface area is 237 Å². The fourth-order valence-corrected chi connectivity index (χ4v) is 4.86. The number of likely N-dealkylation sites (N-methyl/N-ethyl adjacent to an activating group) is 1. The molecule has 2 amide bonds. The van der Waals surface area contributed by atoms with Gasteiger partial charge in [0.05, 0.1) is 25.1 Å². The molecule has 1 atom stereocenters. The molecule has 5 N–H and O–H groups in total. The van der Waals surface area contributed by atoms with Crippen LogP contribution in [-0.4, -0.2) is 106 Å². The first kappa shape index (κ1) is 34.0. The van der Waals surface area contributed by atoms with Gasteiger partial charge in [-0.15, -0.1) is 0 Å². The third-order valence-corrected chi connectivity index (χ3v) is 8.89. The summed E-state index contributed by atoms with van der Waals surface area (Å²) < 4.78 is 39.0. The van der Waals surface area contributed by atoms with Gasteiger partial charge in [-0.3, -0.25) is 28.8 Å². The zero-order valence-corrected chi connectivity index (χ0v) is 24.7. The third-order valence-electron chi connectivity index (χ3n) is 6.40. The van der Waals surface area contributed by atoms with Crippen LogP contribution in [0, 0.1) is 29.1 Å². The number of phosphoric ester groups is 1. The Bertz CT molecular complexity index is 1460. The van der Waals surface area contributed by atoms with Gasteiger partial charge in [-0.1, -0.05) is 11.8 Å². The number of carbonyl (C=O) groups is 3. The number of hydrogen-bond acceptors (Lipinski definition) is 9. The van der Waals surface area contributed by atoms with E-state index < -0.39 is 45.7 Å². The molecular weight excluding hydrogens is 583 g/mol. The number of fused-ring (bicyclic) bond motifs is 1. The highest BCUT2D eigenvalue weighted by atomic mass is 32.2. The highest BCUT2D eigenvalue weighted by molar-refractivity contribution is 7.92. The summed E-state index contributed by atoms with van der Waals surface area (Å²) in [6, 6.07) is 1.29. The number of phosphoric acid groups is 1. The van der Waals surface area contributed by atoms with Gasteiger partial charge in [0.25, 0.3) is 5.91 Å². The molecule has 0 aromatic carbocycles. The van der Waals surface area contributed by atoms with Gasteiger partial charge in [0.1, 0.15) is 0 Å². The predicted octanol–water partition coefficient (Wildman–Crippen LogP) is -0.152. The van der Waals surface area contributed by atoms with E-state index in [9.17, 15) is 27.4 Å². The van der Waals surface area contributed by atoms with Gasteiger partial charge >= 0.3 is 19.8 Å². The van der Waals surface area contributed by atoms with Crippen LogP contribution in [0.5, 0.6) is 0 Å². The molecule has 2 aliphatic rings. The van der Waals surface area contributed by atoms with Crippen LogP contribution in [0.25, 0.3) is 0 Å². The zero-order valence-electron chi connectivity index (χ0n) is 22.9. The minimum absolute atomic E-state index is 0.0250. The molecule has 2 heterocycles. The van der Waals surface area contributed by atoms with Crippen molar-refractivity contribution in [3.8, 4) is 23.7 Å². The van der Waals surface area contributed by atoms with Crippen molar-refractivity contribution < 1.29 is 52.0 Å². The predicted molar refractivity (Wildman–Crippen MR) is 144 cm³/mol. The summed E-state index contributed by atoms with van der Waals surface area (Å²) in [6.45, 7) is 1.29. The zero-order chi connectivity index (χ0) is 31.2. The summed E-state index contributed by atoms with van der Waals surface area (Å²) in [7, 11) is -4.99. The van der Waals surface area contributed by atoms with Crippen LogP contribution >= 0.6 is 7.82 Å². The highest BCUT2D eigenvalue weighted by Crippen LogP contribution is 2.49. The number of rotatable bonds is 10. The number of sulfone groups is 1. The Morgan fingerprint density at radius 1 is 1.27 bits per heavy atom. The molecule has 0 spiro atoms. The second kappa shape index (κ2) is 13.2. The molecule has 0 radical (unpaired) electrons. The van der Waals surface area contributed by atoms with Crippen LogP contribution in [0.2, 0.25) is 0 Å². The first-order chi connectivity index (χ1) is 18.8. The van der Waals surface area contributed by atoms with Gasteiger partial charge in [0, 0.05) is 30.3 Å². The second-order valence-electron chi connectivity index (χ2n) is 10.2. The number of aliphatic carboxylic acids is 1. The molecule has 15 nitrogen and oxygen atoms in total. The summed E-state index contributed by atoms with van der Waals surface area (Å²) in [5, 5.41) is 16.9. The van der Waals surface area contributed by atoms with Crippen molar-refractivity contribution >= 4 is 35.6 Å². The molecule has 1 aliphatic carbocycles. The van der Waals surface area contributed by atoms with Crippen LogP contribution in [-0.2, 0) is 35.1 Å². The average Bonchev–Trinajstić information content (AvgIpc) is 3.41. The van der Waals surface area contributed by atoms with Crippen LogP contribution in [0.15, 0.2) is 12.3 Å².